The standard InChI is InChI=1S/C13H10ClN3O3S2/c1-8-15-16-13(20-8)9-6-12(21-7-9)22(18,19)17-11-4-2-10(14)3-5-11/h2-7,17H,1H3. The number of aryl methyl sites for hydroxylation is 1. The van der Waals surface area contributed by atoms with Crippen LogP contribution in [-0.4, -0.2) is 18.6 Å². The van der Waals surface area contributed by atoms with Gasteiger partial charge >= 0.3 is 0 Å². The first-order valence-electron chi connectivity index (χ1n) is 6.11. The molecule has 0 bridgehead atoms. The lowest BCUT2D eigenvalue weighted by atomic mass is 10.3. The van der Waals surface area contributed by atoms with E-state index in [9.17, 15) is 8.42 Å². The topological polar surface area (TPSA) is 85.1 Å². The van der Waals surface area contributed by atoms with Gasteiger partial charge in [0.25, 0.3) is 10.0 Å². The van der Waals surface area contributed by atoms with Crippen LogP contribution in [-0.2, 0) is 10.0 Å². The Labute approximate surface area is 135 Å². The smallest absolute Gasteiger partial charge is 0.271 e. The molecule has 3 aromatic rings. The molecule has 2 heterocycles. The monoisotopic (exact) mass is 355 g/mol. The van der Waals surface area contributed by atoms with Gasteiger partial charge in [-0.25, -0.2) is 8.42 Å². The highest BCUT2D eigenvalue weighted by Crippen LogP contribution is 2.29. The maximum absolute atomic E-state index is 12.3. The van der Waals surface area contributed by atoms with E-state index in [2.05, 4.69) is 14.9 Å². The molecule has 0 spiro atoms. The molecule has 3 rings (SSSR count). The van der Waals surface area contributed by atoms with Gasteiger partial charge in [0, 0.05) is 23.0 Å². The van der Waals surface area contributed by atoms with Crippen LogP contribution in [0.2, 0.25) is 5.02 Å². The molecule has 0 unspecified atom stereocenters. The van der Waals surface area contributed by atoms with E-state index >= 15 is 0 Å². The third-order valence-electron chi connectivity index (χ3n) is 2.71. The first-order chi connectivity index (χ1) is 10.4. The number of rotatable bonds is 4. The van der Waals surface area contributed by atoms with Crippen molar-refractivity contribution < 1.29 is 12.8 Å². The molecule has 0 aliphatic carbocycles. The van der Waals surface area contributed by atoms with Gasteiger partial charge in [0.15, 0.2) is 0 Å². The summed E-state index contributed by atoms with van der Waals surface area (Å²) in [5, 5.41) is 9.78. The molecule has 22 heavy (non-hydrogen) atoms. The average Bonchev–Trinajstić information content (AvgIpc) is 3.10. The highest BCUT2D eigenvalue weighted by Gasteiger charge is 2.19. The summed E-state index contributed by atoms with van der Waals surface area (Å²) < 4.78 is 32.6. The number of hydrogen-bond acceptors (Lipinski definition) is 6. The van der Waals surface area contributed by atoms with Crippen LogP contribution in [0.1, 0.15) is 5.89 Å². The van der Waals surface area contributed by atoms with E-state index in [-0.39, 0.29) is 4.21 Å². The molecule has 0 fully saturated rings. The lowest BCUT2D eigenvalue weighted by molar-refractivity contribution is 0.533. The fourth-order valence-electron chi connectivity index (χ4n) is 1.71. The molecule has 2 aromatic heterocycles. The van der Waals surface area contributed by atoms with Crippen LogP contribution < -0.4 is 4.72 Å². The summed E-state index contributed by atoms with van der Waals surface area (Å²) in [6, 6.07) is 7.91. The number of hydrogen-bond donors (Lipinski definition) is 1. The number of anilines is 1. The Bertz CT molecular complexity index is 901. The first-order valence-corrected chi connectivity index (χ1v) is 8.85. The molecule has 0 atom stereocenters. The normalized spacial score (nSPS) is 11.5. The maximum atomic E-state index is 12.3. The van der Waals surface area contributed by atoms with Crippen molar-refractivity contribution in [2.24, 2.45) is 0 Å². The molecule has 0 amide bonds. The van der Waals surface area contributed by atoms with Crippen molar-refractivity contribution in [1.29, 1.82) is 0 Å². The summed E-state index contributed by atoms with van der Waals surface area (Å²) in [6.45, 7) is 1.67. The van der Waals surface area contributed by atoms with Crippen LogP contribution >= 0.6 is 22.9 Å². The Morgan fingerprint density at radius 3 is 2.59 bits per heavy atom. The molecule has 6 nitrogen and oxygen atoms in total. The summed E-state index contributed by atoms with van der Waals surface area (Å²) >= 11 is 6.85. The van der Waals surface area contributed by atoms with Crippen molar-refractivity contribution >= 4 is 38.6 Å². The molecule has 9 heteroatoms. The molecule has 0 saturated heterocycles. The third kappa shape index (κ3) is 3.13. The maximum Gasteiger partial charge on any atom is 0.271 e. The van der Waals surface area contributed by atoms with Gasteiger partial charge in [0.2, 0.25) is 11.8 Å². The Morgan fingerprint density at radius 1 is 1.23 bits per heavy atom. The van der Waals surface area contributed by atoms with Crippen molar-refractivity contribution in [2.75, 3.05) is 4.72 Å². The van der Waals surface area contributed by atoms with Crippen molar-refractivity contribution in [3.05, 3.63) is 46.6 Å². The van der Waals surface area contributed by atoms with Gasteiger partial charge in [-0.05, 0) is 30.3 Å². The first kappa shape index (κ1) is 15.0. The van der Waals surface area contributed by atoms with Crippen LogP contribution in [0.5, 0.6) is 0 Å². The van der Waals surface area contributed by atoms with E-state index in [0.717, 1.165) is 11.3 Å². The summed E-state index contributed by atoms with van der Waals surface area (Å²) in [7, 11) is -3.67. The van der Waals surface area contributed by atoms with E-state index in [1.165, 1.54) is 6.07 Å². The van der Waals surface area contributed by atoms with E-state index in [0.29, 0.717) is 28.1 Å². The Balaban J connectivity index is 1.86. The average molecular weight is 356 g/mol. The molecule has 0 saturated carbocycles. The van der Waals surface area contributed by atoms with Crippen LogP contribution in [0.3, 0.4) is 0 Å². The van der Waals surface area contributed by atoms with E-state index in [1.807, 2.05) is 0 Å². The van der Waals surface area contributed by atoms with Crippen LogP contribution in [0, 0.1) is 6.92 Å². The number of nitrogens with one attached hydrogen (secondary N) is 1. The fraction of sp³-hybridized carbons (Fsp3) is 0.0769. The number of sulfonamides is 1. The van der Waals surface area contributed by atoms with E-state index < -0.39 is 10.0 Å². The number of nitrogens with zero attached hydrogens (tertiary/aromatic N) is 2. The highest BCUT2D eigenvalue weighted by atomic mass is 35.5. The van der Waals surface area contributed by atoms with Gasteiger partial charge in [0.1, 0.15) is 4.21 Å². The Morgan fingerprint density at radius 2 is 1.95 bits per heavy atom. The second kappa shape index (κ2) is 5.71. The quantitative estimate of drug-likeness (QED) is 0.773. The molecular formula is C13H10ClN3O3S2. The van der Waals surface area contributed by atoms with Gasteiger partial charge in [-0.1, -0.05) is 11.6 Å². The minimum absolute atomic E-state index is 0.160. The minimum atomic E-state index is -3.67. The molecule has 1 N–H and O–H groups in total. The Hall–Kier alpha value is -1.90. The second-order valence-electron chi connectivity index (χ2n) is 4.39. The second-order valence-corrected chi connectivity index (χ2v) is 7.65. The van der Waals surface area contributed by atoms with E-state index in [4.69, 9.17) is 16.0 Å². The zero-order valence-electron chi connectivity index (χ0n) is 11.3. The van der Waals surface area contributed by atoms with Gasteiger partial charge in [-0.15, -0.1) is 21.5 Å². The van der Waals surface area contributed by atoms with Crippen molar-refractivity contribution in [3.8, 4) is 11.5 Å². The summed E-state index contributed by atoms with van der Waals surface area (Å²) in [4.78, 5) is 0. The van der Waals surface area contributed by atoms with Gasteiger partial charge in [-0.2, -0.15) is 0 Å². The molecule has 114 valence electrons. The lowest BCUT2D eigenvalue weighted by Gasteiger charge is -2.05. The van der Waals surface area contributed by atoms with Crippen molar-refractivity contribution in [3.63, 3.8) is 0 Å². The van der Waals surface area contributed by atoms with Gasteiger partial charge in [-0.3, -0.25) is 4.72 Å². The zero-order chi connectivity index (χ0) is 15.7. The molecule has 1 aromatic carbocycles. The summed E-state index contributed by atoms with van der Waals surface area (Å²) in [5.74, 6) is 0.714. The van der Waals surface area contributed by atoms with Crippen LogP contribution in [0.15, 0.2) is 44.3 Å². The number of benzene rings is 1. The summed E-state index contributed by atoms with van der Waals surface area (Å²) in [5.41, 5.74) is 1.01. The third-order valence-corrected chi connectivity index (χ3v) is 5.78. The van der Waals surface area contributed by atoms with Crippen molar-refractivity contribution in [2.45, 2.75) is 11.1 Å². The predicted molar refractivity (Wildman–Crippen MR) is 84.6 cm³/mol. The van der Waals surface area contributed by atoms with Crippen LogP contribution in [0.25, 0.3) is 11.5 Å². The largest absolute Gasteiger partial charge is 0.421 e. The van der Waals surface area contributed by atoms with Gasteiger partial charge < -0.3 is 4.42 Å². The summed E-state index contributed by atoms with van der Waals surface area (Å²) in [6.07, 6.45) is 0. The molecular weight excluding hydrogens is 346 g/mol. The molecule has 0 aliphatic heterocycles. The predicted octanol–water partition coefficient (Wildman–Crippen LogP) is 3.56. The minimum Gasteiger partial charge on any atom is -0.421 e. The fourth-order valence-corrected chi connectivity index (χ4v) is 4.04. The highest BCUT2D eigenvalue weighted by molar-refractivity contribution is 7.94. The number of halogens is 1. The van der Waals surface area contributed by atoms with Gasteiger partial charge in [0.05, 0.1) is 5.56 Å². The zero-order valence-corrected chi connectivity index (χ0v) is 13.7. The van der Waals surface area contributed by atoms with Crippen molar-refractivity contribution in [1.82, 2.24) is 10.2 Å². The Kier molecular flexibility index (Phi) is 3.90. The molecule has 0 aliphatic rings. The SMILES string of the molecule is Cc1nnc(-c2csc(S(=O)(=O)Nc3ccc(Cl)cc3)c2)o1. The molecule has 0 radical (unpaired) electrons. The lowest BCUT2D eigenvalue weighted by Crippen LogP contribution is -2.11. The van der Waals surface area contributed by atoms with Crippen LogP contribution in [0.4, 0.5) is 5.69 Å². The number of aromatic nitrogens is 2. The number of thiophene rings is 1. The van der Waals surface area contributed by atoms with E-state index in [1.54, 1.807) is 36.6 Å².